The highest BCUT2D eigenvalue weighted by atomic mass is 19.1. The van der Waals surface area contributed by atoms with E-state index in [1.54, 1.807) is 42.2 Å². The highest BCUT2D eigenvalue weighted by Gasteiger charge is 2.01. The molecule has 1 amide bonds. The lowest BCUT2D eigenvalue weighted by molar-refractivity contribution is -0.116. The Bertz CT molecular complexity index is 646. The smallest absolute Gasteiger partial charge is 0.244 e. The molecule has 104 valence electrons. The number of benzene rings is 1. The van der Waals surface area contributed by atoms with Crippen LogP contribution in [0.25, 0.3) is 6.08 Å². The summed E-state index contributed by atoms with van der Waals surface area (Å²) in [5.41, 5.74) is 2.18. The average Bonchev–Trinajstić information content (AvgIpc) is 2.83. The number of carbonyl (C=O) groups is 1. The van der Waals surface area contributed by atoms with Crippen molar-refractivity contribution < 1.29 is 9.18 Å². The Morgan fingerprint density at radius 3 is 2.95 bits per heavy atom. The van der Waals surface area contributed by atoms with Crippen molar-refractivity contribution in [3.63, 3.8) is 0 Å². The number of halogens is 1. The monoisotopic (exact) mass is 273 g/mol. The van der Waals surface area contributed by atoms with E-state index >= 15 is 0 Å². The lowest BCUT2D eigenvalue weighted by Gasteiger charge is -2.04. The molecule has 0 unspecified atom stereocenters. The summed E-state index contributed by atoms with van der Waals surface area (Å²) in [6, 6.07) is 4.92. The van der Waals surface area contributed by atoms with Gasteiger partial charge in [0, 0.05) is 31.4 Å². The Morgan fingerprint density at radius 2 is 2.30 bits per heavy atom. The molecule has 2 rings (SSSR count). The summed E-state index contributed by atoms with van der Waals surface area (Å²) in [5.74, 6) is -0.488. The van der Waals surface area contributed by atoms with Crippen molar-refractivity contribution in [3.8, 4) is 0 Å². The summed E-state index contributed by atoms with van der Waals surface area (Å²) in [6.45, 7) is 2.00. The quantitative estimate of drug-likeness (QED) is 0.868. The standard InChI is InChI=1S/C15H16FN3O/c1-11-3-4-12(7-14(11)16)8-17-15(20)6-5-13-9-18-19(2)10-13/h3-7,9-10H,8H2,1-2H3,(H,17,20)/b6-5+. The molecular formula is C15H16FN3O. The second-order valence-corrected chi connectivity index (χ2v) is 4.58. The van der Waals surface area contributed by atoms with Crippen LogP contribution in [0.1, 0.15) is 16.7 Å². The molecule has 4 nitrogen and oxygen atoms in total. The normalized spacial score (nSPS) is 10.9. The molecule has 0 aliphatic heterocycles. The molecule has 0 radical (unpaired) electrons. The number of rotatable bonds is 4. The molecule has 20 heavy (non-hydrogen) atoms. The van der Waals surface area contributed by atoms with Crippen LogP contribution < -0.4 is 5.32 Å². The Balaban J connectivity index is 1.88. The predicted octanol–water partition coefficient (Wildman–Crippen LogP) is 2.20. The van der Waals surface area contributed by atoms with Gasteiger partial charge in [0.2, 0.25) is 5.91 Å². The maximum Gasteiger partial charge on any atom is 0.244 e. The maximum atomic E-state index is 13.3. The second kappa shape index (κ2) is 6.14. The van der Waals surface area contributed by atoms with Crippen molar-refractivity contribution >= 4 is 12.0 Å². The van der Waals surface area contributed by atoms with Gasteiger partial charge in [0.25, 0.3) is 0 Å². The number of aryl methyl sites for hydroxylation is 2. The van der Waals surface area contributed by atoms with E-state index in [9.17, 15) is 9.18 Å². The van der Waals surface area contributed by atoms with Gasteiger partial charge in [0.1, 0.15) is 5.82 Å². The number of aromatic nitrogens is 2. The summed E-state index contributed by atoms with van der Waals surface area (Å²) in [4.78, 5) is 11.6. The number of carbonyl (C=O) groups excluding carboxylic acids is 1. The van der Waals surface area contributed by atoms with E-state index in [0.29, 0.717) is 12.1 Å². The molecule has 1 N–H and O–H groups in total. The topological polar surface area (TPSA) is 46.9 Å². The molecule has 5 heteroatoms. The fourth-order valence-corrected chi connectivity index (χ4v) is 1.69. The molecule has 2 aromatic rings. The molecule has 0 aliphatic rings. The van der Waals surface area contributed by atoms with Gasteiger partial charge in [0.05, 0.1) is 6.20 Å². The van der Waals surface area contributed by atoms with Gasteiger partial charge in [-0.15, -0.1) is 0 Å². The van der Waals surface area contributed by atoms with Gasteiger partial charge in [0.15, 0.2) is 0 Å². The zero-order valence-electron chi connectivity index (χ0n) is 11.4. The van der Waals surface area contributed by atoms with Crippen molar-refractivity contribution in [1.82, 2.24) is 15.1 Å². The summed E-state index contributed by atoms with van der Waals surface area (Å²) in [6.07, 6.45) is 6.58. The third-order valence-corrected chi connectivity index (χ3v) is 2.85. The van der Waals surface area contributed by atoms with Gasteiger partial charge in [-0.05, 0) is 30.2 Å². The van der Waals surface area contributed by atoms with Gasteiger partial charge in [-0.25, -0.2) is 4.39 Å². The third-order valence-electron chi connectivity index (χ3n) is 2.85. The van der Waals surface area contributed by atoms with Crippen LogP contribution in [0.15, 0.2) is 36.7 Å². The number of nitrogens with zero attached hydrogens (tertiary/aromatic N) is 2. The number of hydrogen-bond donors (Lipinski definition) is 1. The number of hydrogen-bond acceptors (Lipinski definition) is 2. The van der Waals surface area contributed by atoms with E-state index < -0.39 is 0 Å². The molecule has 0 aliphatic carbocycles. The van der Waals surface area contributed by atoms with Crippen molar-refractivity contribution in [2.45, 2.75) is 13.5 Å². The van der Waals surface area contributed by atoms with E-state index in [2.05, 4.69) is 10.4 Å². The van der Waals surface area contributed by atoms with Crippen LogP contribution in [0.3, 0.4) is 0 Å². The third kappa shape index (κ3) is 3.78. The van der Waals surface area contributed by atoms with Crippen LogP contribution in [0.5, 0.6) is 0 Å². The zero-order chi connectivity index (χ0) is 14.5. The Hall–Kier alpha value is -2.43. The Labute approximate surface area is 116 Å². The maximum absolute atomic E-state index is 13.3. The number of nitrogens with one attached hydrogen (secondary N) is 1. The summed E-state index contributed by atoms with van der Waals surface area (Å²) in [7, 11) is 1.81. The fraction of sp³-hybridized carbons (Fsp3) is 0.200. The van der Waals surface area contributed by atoms with Gasteiger partial charge in [-0.3, -0.25) is 9.48 Å². The first-order valence-electron chi connectivity index (χ1n) is 6.24. The molecule has 1 heterocycles. The van der Waals surface area contributed by atoms with Gasteiger partial charge in [-0.1, -0.05) is 12.1 Å². The van der Waals surface area contributed by atoms with E-state index in [4.69, 9.17) is 0 Å². The predicted molar refractivity (Wildman–Crippen MR) is 75.2 cm³/mol. The van der Waals surface area contributed by atoms with Crippen LogP contribution in [0.4, 0.5) is 4.39 Å². The SMILES string of the molecule is Cc1ccc(CNC(=O)/C=C/c2cnn(C)c2)cc1F. The Kier molecular flexibility index (Phi) is 4.30. The molecule has 0 atom stereocenters. The van der Waals surface area contributed by atoms with Crippen molar-refractivity contribution in [2.24, 2.45) is 7.05 Å². The van der Waals surface area contributed by atoms with Crippen LogP contribution in [-0.2, 0) is 18.4 Å². The minimum absolute atomic E-state index is 0.227. The first-order valence-corrected chi connectivity index (χ1v) is 6.24. The van der Waals surface area contributed by atoms with Crippen molar-refractivity contribution in [1.29, 1.82) is 0 Å². The van der Waals surface area contributed by atoms with E-state index in [1.807, 2.05) is 7.05 Å². The van der Waals surface area contributed by atoms with Crippen molar-refractivity contribution in [3.05, 3.63) is 59.2 Å². The van der Waals surface area contributed by atoms with Gasteiger partial charge < -0.3 is 5.32 Å². The summed E-state index contributed by atoms with van der Waals surface area (Å²) < 4.78 is 15.0. The second-order valence-electron chi connectivity index (χ2n) is 4.58. The van der Waals surface area contributed by atoms with Crippen LogP contribution >= 0.6 is 0 Å². The van der Waals surface area contributed by atoms with E-state index in [-0.39, 0.29) is 11.7 Å². The largest absolute Gasteiger partial charge is 0.348 e. The van der Waals surface area contributed by atoms with E-state index in [1.165, 1.54) is 12.1 Å². The van der Waals surface area contributed by atoms with Crippen LogP contribution in [0.2, 0.25) is 0 Å². The fourth-order valence-electron chi connectivity index (χ4n) is 1.69. The molecule has 1 aromatic heterocycles. The summed E-state index contributed by atoms with van der Waals surface area (Å²) in [5, 5.41) is 6.70. The molecule has 1 aromatic carbocycles. The molecule has 0 bridgehead atoms. The molecular weight excluding hydrogens is 257 g/mol. The lowest BCUT2D eigenvalue weighted by Crippen LogP contribution is -2.20. The Morgan fingerprint density at radius 1 is 1.50 bits per heavy atom. The molecule has 0 saturated carbocycles. The van der Waals surface area contributed by atoms with Crippen LogP contribution in [0, 0.1) is 12.7 Å². The lowest BCUT2D eigenvalue weighted by atomic mass is 10.1. The average molecular weight is 273 g/mol. The molecule has 0 spiro atoms. The first kappa shape index (κ1) is 14.0. The zero-order valence-corrected chi connectivity index (χ0v) is 11.4. The first-order chi connectivity index (χ1) is 9.54. The van der Waals surface area contributed by atoms with Crippen molar-refractivity contribution in [2.75, 3.05) is 0 Å². The van der Waals surface area contributed by atoms with Crippen LogP contribution in [-0.4, -0.2) is 15.7 Å². The highest BCUT2D eigenvalue weighted by molar-refractivity contribution is 5.91. The van der Waals surface area contributed by atoms with Gasteiger partial charge >= 0.3 is 0 Å². The van der Waals surface area contributed by atoms with E-state index in [0.717, 1.165) is 11.1 Å². The van der Waals surface area contributed by atoms with Gasteiger partial charge in [-0.2, -0.15) is 5.10 Å². The molecule has 0 saturated heterocycles. The summed E-state index contributed by atoms with van der Waals surface area (Å²) >= 11 is 0. The highest BCUT2D eigenvalue weighted by Crippen LogP contribution is 2.08. The number of amides is 1. The minimum atomic E-state index is -0.261. The molecule has 0 fully saturated rings. The minimum Gasteiger partial charge on any atom is -0.348 e.